The molecule has 1 aliphatic heterocycles. The predicted molar refractivity (Wildman–Crippen MR) is 58.5 cm³/mol. The van der Waals surface area contributed by atoms with E-state index in [0.29, 0.717) is 6.10 Å². The van der Waals surface area contributed by atoms with Gasteiger partial charge in [0.1, 0.15) is 0 Å². The number of rotatable bonds is 7. The van der Waals surface area contributed by atoms with Gasteiger partial charge in [0.05, 0.1) is 25.2 Å². The molecule has 0 radical (unpaired) electrons. The number of unbranched alkanes of at least 4 members (excludes halogenated alkanes) is 1. The van der Waals surface area contributed by atoms with Crippen molar-refractivity contribution in [2.45, 2.75) is 44.8 Å². The fourth-order valence-electron chi connectivity index (χ4n) is 1.75. The average molecular weight is 212 g/mol. The number of epoxide rings is 1. The molecule has 0 spiro atoms. The summed E-state index contributed by atoms with van der Waals surface area (Å²) in [5, 5.41) is 0. The van der Waals surface area contributed by atoms with Gasteiger partial charge in [-0.15, -0.1) is 6.58 Å². The summed E-state index contributed by atoms with van der Waals surface area (Å²) in [5.74, 6) is -0.195. The SMILES string of the molecule is C=CCCCC1OC1CC(C)C(=O)OC. The van der Waals surface area contributed by atoms with Crippen LogP contribution in [0.1, 0.15) is 32.6 Å². The monoisotopic (exact) mass is 212 g/mol. The highest BCUT2D eigenvalue weighted by Gasteiger charge is 2.39. The minimum atomic E-state index is -0.143. The number of methoxy groups -OCH3 is 1. The number of ether oxygens (including phenoxy) is 2. The van der Waals surface area contributed by atoms with Gasteiger partial charge in [-0.05, 0) is 25.7 Å². The third kappa shape index (κ3) is 4.04. The Kier molecular flexibility index (Phi) is 4.82. The van der Waals surface area contributed by atoms with E-state index in [0.717, 1.165) is 25.7 Å². The number of carbonyl (C=O) groups excluding carboxylic acids is 1. The van der Waals surface area contributed by atoms with Crippen molar-refractivity contribution in [3.63, 3.8) is 0 Å². The summed E-state index contributed by atoms with van der Waals surface area (Å²) in [6, 6.07) is 0. The number of hydrogen-bond acceptors (Lipinski definition) is 3. The molecular weight excluding hydrogens is 192 g/mol. The molecule has 0 aromatic carbocycles. The van der Waals surface area contributed by atoms with Crippen LogP contribution in [0.2, 0.25) is 0 Å². The first-order valence-corrected chi connectivity index (χ1v) is 5.53. The summed E-state index contributed by atoms with van der Waals surface area (Å²) >= 11 is 0. The Labute approximate surface area is 91.4 Å². The van der Waals surface area contributed by atoms with Crippen molar-refractivity contribution in [1.82, 2.24) is 0 Å². The van der Waals surface area contributed by atoms with E-state index in [1.54, 1.807) is 0 Å². The summed E-state index contributed by atoms with van der Waals surface area (Å²) in [5.41, 5.74) is 0. The summed E-state index contributed by atoms with van der Waals surface area (Å²) in [4.78, 5) is 11.2. The first-order chi connectivity index (χ1) is 7.19. The van der Waals surface area contributed by atoms with Crippen molar-refractivity contribution < 1.29 is 14.3 Å². The van der Waals surface area contributed by atoms with E-state index in [1.807, 2.05) is 13.0 Å². The van der Waals surface area contributed by atoms with Gasteiger partial charge in [-0.1, -0.05) is 13.0 Å². The lowest BCUT2D eigenvalue weighted by molar-refractivity contribution is -0.145. The number of esters is 1. The van der Waals surface area contributed by atoms with Gasteiger partial charge in [0.25, 0.3) is 0 Å². The Hall–Kier alpha value is -0.830. The van der Waals surface area contributed by atoms with Crippen molar-refractivity contribution in [3.8, 4) is 0 Å². The Morgan fingerprint density at radius 2 is 2.33 bits per heavy atom. The molecule has 3 unspecified atom stereocenters. The molecule has 0 aromatic rings. The van der Waals surface area contributed by atoms with E-state index >= 15 is 0 Å². The molecule has 3 heteroatoms. The van der Waals surface area contributed by atoms with Crippen molar-refractivity contribution in [3.05, 3.63) is 12.7 Å². The molecule has 1 aliphatic rings. The van der Waals surface area contributed by atoms with Crippen LogP contribution in [0.25, 0.3) is 0 Å². The van der Waals surface area contributed by atoms with E-state index in [9.17, 15) is 4.79 Å². The summed E-state index contributed by atoms with van der Waals surface area (Å²) < 4.78 is 10.2. The van der Waals surface area contributed by atoms with E-state index in [4.69, 9.17) is 4.74 Å². The highest BCUT2D eigenvalue weighted by atomic mass is 16.6. The predicted octanol–water partition coefficient (Wildman–Crippen LogP) is 2.31. The largest absolute Gasteiger partial charge is 0.469 e. The maximum atomic E-state index is 11.2. The van der Waals surface area contributed by atoms with Crippen molar-refractivity contribution in [2.75, 3.05) is 7.11 Å². The first-order valence-electron chi connectivity index (χ1n) is 5.53. The zero-order chi connectivity index (χ0) is 11.3. The highest BCUT2D eigenvalue weighted by Crippen LogP contribution is 2.32. The molecule has 0 N–H and O–H groups in total. The first kappa shape index (κ1) is 12.2. The lowest BCUT2D eigenvalue weighted by Crippen LogP contribution is -2.15. The van der Waals surface area contributed by atoms with Gasteiger partial charge in [0, 0.05) is 0 Å². The lowest BCUT2D eigenvalue weighted by atomic mass is 10.0. The van der Waals surface area contributed by atoms with Gasteiger partial charge in [0.2, 0.25) is 0 Å². The van der Waals surface area contributed by atoms with E-state index in [-0.39, 0.29) is 18.0 Å². The standard InChI is InChI=1S/C12H20O3/c1-4-5-6-7-10-11(15-10)8-9(2)12(13)14-3/h4,9-11H,1,5-8H2,2-3H3. The summed E-state index contributed by atoms with van der Waals surface area (Å²) in [6.45, 7) is 5.56. The fraction of sp³-hybridized carbons (Fsp3) is 0.750. The molecule has 0 aromatic heterocycles. The third-order valence-electron chi connectivity index (χ3n) is 2.77. The van der Waals surface area contributed by atoms with Gasteiger partial charge in [-0.2, -0.15) is 0 Å². The molecule has 1 fully saturated rings. The van der Waals surface area contributed by atoms with Crippen LogP contribution in [0.3, 0.4) is 0 Å². The molecule has 0 bridgehead atoms. The Morgan fingerprint density at radius 1 is 1.60 bits per heavy atom. The van der Waals surface area contributed by atoms with Crippen molar-refractivity contribution in [2.24, 2.45) is 5.92 Å². The fourth-order valence-corrected chi connectivity index (χ4v) is 1.75. The van der Waals surface area contributed by atoms with Crippen LogP contribution in [0.15, 0.2) is 12.7 Å². The zero-order valence-electron chi connectivity index (χ0n) is 9.57. The lowest BCUT2D eigenvalue weighted by Gasteiger charge is -2.05. The molecule has 3 atom stereocenters. The van der Waals surface area contributed by atoms with Crippen LogP contribution in [-0.4, -0.2) is 25.3 Å². The molecule has 0 aliphatic carbocycles. The smallest absolute Gasteiger partial charge is 0.308 e. The average Bonchev–Trinajstić information content (AvgIpc) is 2.96. The maximum Gasteiger partial charge on any atom is 0.308 e. The van der Waals surface area contributed by atoms with Crippen molar-refractivity contribution >= 4 is 5.97 Å². The van der Waals surface area contributed by atoms with Crippen LogP contribution in [0.5, 0.6) is 0 Å². The number of carbonyl (C=O) groups is 1. The van der Waals surface area contributed by atoms with Gasteiger partial charge in [0.15, 0.2) is 0 Å². The minimum absolute atomic E-state index is 0.0515. The second-order valence-corrected chi connectivity index (χ2v) is 4.09. The number of hydrogen-bond donors (Lipinski definition) is 0. The van der Waals surface area contributed by atoms with Crippen LogP contribution in [0.4, 0.5) is 0 Å². The molecular formula is C12H20O3. The highest BCUT2D eigenvalue weighted by molar-refractivity contribution is 5.71. The Morgan fingerprint density at radius 3 is 2.93 bits per heavy atom. The molecule has 0 saturated carbocycles. The Balaban J connectivity index is 2.10. The van der Waals surface area contributed by atoms with Crippen LogP contribution in [-0.2, 0) is 14.3 Å². The second kappa shape index (κ2) is 5.91. The van der Waals surface area contributed by atoms with Gasteiger partial charge < -0.3 is 9.47 Å². The minimum Gasteiger partial charge on any atom is -0.469 e. The zero-order valence-corrected chi connectivity index (χ0v) is 9.57. The van der Waals surface area contributed by atoms with Crippen LogP contribution >= 0.6 is 0 Å². The molecule has 1 saturated heterocycles. The van der Waals surface area contributed by atoms with Crippen LogP contribution in [0, 0.1) is 5.92 Å². The molecule has 86 valence electrons. The maximum absolute atomic E-state index is 11.2. The van der Waals surface area contributed by atoms with E-state index in [2.05, 4.69) is 11.3 Å². The second-order valence-electron chi connectivity index (χ2n) is 4.09. The summed E-state index contributed by atoms with van der Waals surface area (Å²) in [7, 11) is 1.42. The quantitative estimate of drug-likeness (QED) is 0.281. The Bertz CT molecular complexity index is 225. The topological polar surface area (TPSA) is 38.8 Å². The van der Waals surface area contributed by atoms with Gasteiger partial charge >= 0.3 is 5.97 Å². The number of allylic oxidation sites excluding steroid dienone is 1. The molecule has 3 nitrogen and oxygen atoms in total. The summed E-state index contributed by atoms with van der Waals surface area (Å²) in [6.07, 6.45) is 6.57. The molecule has 1 rings (SSSR count). The normalized spacial score (nSPS) is 25.7. The molecule has 15 heavy (non-hydrogen) atoms. The van der Waals surface area contributed by atoms with E-state index < -0.39 is 0 Å². The van der Waals surface area contributed by atoms with Gasteiger partial charge in [-0.3, -0.25) is 4.79 Å². The van der Waals surface area contributed by atoms with Crippen molar-refractivity contribution in [1.29, 1.82) is 0 Å². The molecule has 1 heterocycles. The third-order valence-corrected chi connectivity index (χ3v) is 2.77. The molecule has 0 amide bonds. The van der Waals surface area contributed by atoms with Gasteiger partial charge in [-0.25, -0.2) is 0 Å². The van der Waals surface area contributed by atoms with E-state index in [1.165, 1.54) is 7.11 Å². The van der Waals surface area contributed by atoms with Crippen LogP contribution < -0.4 is 0 Å².